The number of hydrogen-bond acceptors (Lipinski definition) is 4. The highest BCUT2D eigenvalue weighted by molar-refractivity contribution is 5.88. The summed E-state index contributed by atoms with van der Waals surface area (Å²) in [4.78, 5) is 10.8. The molecule has 0 aliphatic rings. The molecular weight excluding hydrogens is 258 g/mol. The lowest BCUT2D eigenvalue weighted by molar-refractivity contribution is -0.383. The number of rotatable bonds is 3. The number of nitro benzene ring substituents is 1. The maximum absolute atomic E-state index is 11.1. The highest BCUT2D eigenvalue weighted by atomic mass is 16.6. The Balaban J connectivity index is 2.13. The molecule has 3 aromatic rings. The zero-order valence-electron chi connectivity index (χ0n) is 11.1. The molecule has 0 radical (unpaired) electrons. The summed E-state index contributed by atoms with van der Waals surface area (Å²) in [6, 6.07) is 6.93. The van der Waals surface area contributed by atoms with Gasteiger partial charge in [-0.1, -0.05) is 12.1 Å². The smallest absolute Gasteiger partial charge is 0.293 e. The van der Waals surface area contributed by atoms with Gasteiger partial charge >= 0.3 is 0 Å². The minimum atomic E-state index is -0.360. The molecule has 7 heteroatoms. The predicted octanol–water partition coefficient (Wildman–Crippen LogP) is 2.03. The second kappa shape index (κ2) is 4.44. The number of aryl methyl sites for hydroxylation is 1. The van der Waals surface area contributed by atoms with E-state index in [0.29, 0.717) is 12.1 Å². The van der Waals surface area contributed by atoms with Crippen molar-refractivity contribution in [2.75, 3.05) is 0 Å². The van der Waals surface area contributed by atoms with E-state index in [-0.39, 0.29) is 10.6 Å². The van der Waals surface area contributed by atoms with E-state index in [1.165, 1.54) is 6.07 Å². The minimum Gasteiger partial charge on any atom is -0.334 e. The van der Waals surface area contributed by atoms with Gasteiger partial charge in [-0.15, -0.1) is 10.2 Å². The Morgan fingerprint density at radius 2 is 2.10 bits per heavy atom. The van der Waals surface area contributed by atoms with Crippen LogP contribution in [0.4, 0.5) is 5.69 Å². The second-order valence-corrected chi connectivity index (χ2v) is 4.64. The molecule has 1 aromatic carbocycles. The molecular formula is C13H13N5O2. The van der Waals surface area contributed by atoms with Crippen molar-refractivity contribution in [3.05, 3.63) is 52.2 Å². The highest BCUT2D eigenvalue weighted by Crippen LogP contribution is 2.26. The van der Waals surface area contributed by atoms with E-state index >= 15 is 0 Å². The molecule has 0 atom stereocenters. The molecule has 0 fully saturated rings. The summed E-state index contributed by atoms with van der Waals surface area (Å²) in [6.45, 7) is 2.32. The molecule has 20 heavy (non-hydrogen) atoms. The maximum atomic E-state index is 11.1. The molecule has 3 rings (SSSR count). The summed E-state index contributed by atoms with van der Waals surface area (Å²) in [7, 11) is 1.88. The summed E-state index contributed by atoms with van der Waals surface area (Å²) in [6.07, 6.45) is 1.84. The molecule has 0 bridgehead atoms. The Bertz CT molecular complexity index is 802. The topological polar surface area (TPSA) is 78.8 Å². The number of non-ortho nitro benzene ring substituents is 1. The van der Waals surface area contributed by atoms with Crippen LogP contribution in [0.2, 0.25) is 0 Å². The first-order chi connectivity index (χ1) is 9.58. The Kier molecular flexibility index (Phi) is 2.74. The largest absolute Gasteiger partial charge is 0.334 e. The monoisotopic (exact) mass is 271 g/mol. The zero-order valence-corrected chi connectivity index (χ0v) is 11.1. The third-order valence-corrected chi connectivity index (χ3v) is 3.46. The fourth-order valence-corrected chi connectivity index (χ4v) is 2.26. The van der Waals surface area contributed by atoms with E-state index in [1.54, 1.807) is 6.07 Å². The molecule has 2 heterocycles. The Labute approximate surface area is 114 Å². The van der Waals surface area contributed by atoms with Gasteiger partial charge in [0.05, 0.1) is 11.5 Å². The van der Waals surface area contributed by atoms with Crippen LogP contribution in [0.15, 0.2) is 30.5 Å². The van der Waals surface area contributed by atoms with Gasteiger partial charge in [-0.3, -0.25) is 10.1 Å². The third-order valence-electron chi connectivity index (χ3n) is 3.46. The average molecular weight is 271 g/mol. The number of fused-ring (bicyclic) bond motifs is 1. The predicted molar refractivity (Wildman–Crippen MR) is 73.4 cm³/mol. The van der Waals surface area contributed by atoms with Crippen LogP contribution in [0.5, 0.6) is 0 Å². The van der Waals surface area contributed by atoms with Crippen molar-refractivity contribution in [3.63, 3.8) is 0 Å². The van der Waals surface area contributed by atoms with Crippen LogP contribution >= 0.6 is 0 Å². The second-order valence-electron chi connectivity index (χ2n) is 4.64. The van der Waals surface area contributed by atoms with Crippen molar-refractivity contribution >= 4 is 16.6 Å². The van der Waals surface area contributed by atoms with Gasteiger partial charge in [0.15, 0.2) is 5.82 Å². The van der Waals surface area contributed by atoms with Crippen LogP contribution in [0.25, 0.3) is 10.9 Å². The van der Waals surface area contributed by atoms with Crippen molar-refractivity contribution in [2.24, 2.45) is 7.05 Å². The van der Waals surface area contributed by atoms with Gasteiger partial charge in [0.2, 0.25) is 0 Å². The highest BCUT2D eigenvalue weighted by Gasteiger charge is 2.16. The molecule has 0 saturated heterocycles. The van der Waals surface area contributed by atoms with Gasteiger partial charge in [0.25, 0.3) is 5.69 Å². The Morgan fingerprint density at radius 3 is 2.75 bits per heavy atom. The third kappa shape index (κ3) is 1.83. The Morgan fingerprint density at radius 1 is 1.30 bits per heavy atom. The number of benzene rings is 1. The van der Waals surface area contributed by atoms with Crippen LogP contribution < -0.4 is 0 Å². The van der Waals surface area contributed by atoms with E-state index in [1.807, 2.05) is 41.4 Å². The molecule has 0 amide bonds. The van der Waals surface area contributed by atoms with Crippen molar-refractivity contribution < 1.29 is 4.92 Å². The molecule has 0 spiro atoms. The van der Waals surface area contributed by atoms with Crippen LogP contribution in [-0.4, -0.2) is 24.3 Å². The van der Waals surface area contributed by atoms with Gasteiger partial charge in [-0.05, 0) is 13.0 Å². The fourth-order valence-electron chi connectivity index (χ4n) is 2.26. The first kappa shape index (κ1) is 12.3. The average Bonchev–Trinajstić information content (AvgIpc) is 2.97. The Hall–Kier alpha value is -2.70. The lowest BCUT2D eigenvalue weighted by Gasteiger charge is -2.05. The number of nitrogens with zero attached hydrogens (tertiary/aromatic N) is 5. The lowest BCUT2D eigenvalue weighted by Crippen LogP contribution is -2.06. The summed E-state index contributed by atoms with van der Waals surface area (Å²) in [5, 5.41) is 20.1. The maximum Gasteiger partial charge on any atom is 0.293 e. The first-order valence-electron chi connectivity index (χ1n) is 6.15. The van der Waals surface area contributed by atoms with Crippen LogP contribution in [0.3, 0.4) is 0 Å². The summed E-state index contributed by atoms with van der Waals surface area (Å²) >= 11 is 0. The zero-order chi connectivity index (χ0) is 14.3. The quantitative estimate of drug-likeness (QED) is 0.539. The summed E-state index contributed by atoms with van der Waals surface area (Å²) in [5.74, 6) is 1.57. The van der Waals surface area contributed by atoms with Crippen molar-refractivity contribution in [3.8, 4) is 0 Å². The number of aromatic nitrogens is 4. The SMILES string of the molecule is Cc1nnc(Cn2ccc3cccc([N+](=O)[O-])c32)n1C. The first-order valence-corrected chi connectivity index (χ1v) is 6.15. The summed E-state index contributed by atoms with van der Waals surface area (Å²) < 4.78 is 3.71. The molecule has 0 unspecified atom stereocenters. The summed E-state index contributed by atoms with van der Waals surface area (Å²) in [5.41, 5.74) is 0.713. The van der Waals surface area contributed by atoms with E-state index in [9.17, 15) is 10.1 Å². The van der Waals surface area contributed by atoms with E-state index in [4.69, 9.17) is 0 Å². The van der Waals surface area contributed by atoms with Gasteiger partial charge in [-0.25, -0.2) is 0 Å². The normalized spacial score (nSPS) is 11.1. The number of nitro groups is 1. The van der Waals surface area contributed by atoms with E-state index in [2.05, 4.69) is 10.2 Å². The lowest BCUT2D eigenvalue weighted by atomic mass is 10.2. The molecule has 7 nitrogen and oxygen atoms in total. The molecule has 0 aliphatic carbocycles. The van der Waals surface area contributed by atoms with Crippen LogP contribution in [0, 0.1) is 17.0 Å². The molecule has 102 valence electrons. The molecule has 0 N–H and O–H groups in total. The fraction of sp³-hybridized carbons (Fsp3) is 0.231. The standard InChI is InChI=1S/C13H13N5O2/c1-9-14-15-12(16(9)2)8-17-7-6-10-4-3-5-11(13(10)17)18(19)20/h3-7H,8H2,1-2H3. The van der Waals surface area contributed by atoms with Crippen molar-refractivity contribution in [2.45, 2.75) is 13.5 Å². The van der Waals surface area contributed by atoms with Crippen LogP contribution in [-0.2, 0) is 13.6 Å². The minimum absolute atomic E-state index is 0.103. The van der Waals surface area contributed by atoms with Gasteiger partial charge < -0.3 is 9.13 Å². The van der Waals surface area contributed by atoms with Gasteiger partial charge in [0.1, 0.15) is 11.3 Å². The van der Waals surface area contributed by atoms with Crippen molar-refractivity contribution in [1.29, 1.82) is 0 Å². The molecule has 0 saturated carbocycles. The van der Waals surface area contributed by atoms with E-state index < -0.39 is 0 Å². The van der Waals surface area contributed by atoms with Crippen molar-refractivity contribution in [1.82, 2.24) is 19.3 Å². The molecule has 2 aromatic heterocycles. The van der Waals surface area contributed by atoms with Gasteiger partial charge in [-0.2, -0.15) is 0 Å². The number of hydrogen-bond donors (Lipinski definition) is 0. The van der Waals surface area contributed by atoms with E-state index in [0.717, 1.165) is 17.0 Å². The number of para-hydroxylation sites is 1. The van der Waals surface area contributed by atoms with Gasteiger partial charge in [0, 0.05) is 24.7 Å². The van der Waals surface area contributed by atoms with Crippen LogP contribution in [0.1, 0.15) is 11.6 Å². The molecule has 0 aliphatic heterocycles.